The van der Waals surface area contributed by atoms with Crippen LogP contribution in [0.5, 0.6) is 0 Å². The van der Waals surface area contributed by atoms with E-state index >= 15 is 0 Å². The van der Waals surface area contributed by atoms with Crippen molar-refractivity contribution in [3.63, 3.8) is 0 Å². The fourth-order valence-corrected chi connectivity index (χ4v) is 2.13. The first-order chi connectivity index (χ1) is 5.47. The van der Waals surface area contributed by atoms with Crippen molar-refractivity contribution in [1.82, 2.24) is 0 Å². The molecular weight excluding hydrogens is 132 g/mol. The molecule has 2 rings (SSSR count). The van der Waals surface area contributed by atoms with E-state index in [0.29, 0.717) is 0 Å². The Bertz CT molecular complexity index is 180. The highest BCUT2D eigenvalue weighted by molar-refractivity contribution is 5.26. The molecular formula is C11H15. The summed E-state index contributed by atoms with van der Waals surface area (Å²) in [6.07, 6.45) is 16.0. The lowest BCUT2D eigenvalue weighted by atomic mass is 9.84. The van der Waals surface area contributed by atoms with E-state index in [4.69, 9.17) is 0 Å². The van der Waals surface area contributed by atoms with E-state index in [0.717, 1.165) is 12.3 Å². The molecule has 0 amide bonds. The summed E-state index contributed by atoms with van der Waals surface area (Å²) in [5.74, 6) is 0.888. The van der Waals surface area contributed by atoms with Crippen LogP contribution in [0.4, 0.5) is 0 Å². The van der Waals surface area contributed by atoms with Crippen LogP contribution < -0.4 is 0 Å². The molecule has 0 nitrogen and oxygen atoms in total. The van der Waals surface area contributed by atoms with Gasteiger partial charge in [0.25, 0.3) is 0 Å². The second-order valence-corrected chi connectivity index (χ2v) is 3.59. The van der Waals surface area contributed by atoms with E-state index in [1.54, 1.807) is 5.57 Å². The molecule has 0 heteroatoms. The molecule has 11 heavy (non-hydrogen) atoms. The van der Waals surface area contributed by atoms with Crippen LogP contribution in [0.15, 0.2) is 17.7 Å². The van der Waals surface area contributed by atoms with Crippen LogP contribution in [0.1, 0.15) is 38.5 Å². The third-order valence-electron chi connectivity index (χ3n) is 2.80. The maximum Gasteiger partial charge on any atom is -0.00886 e. The predicted octanol–water partition coefficient (Wildman–Crippen LogP) is 3.26. The van der Waals surface area contributed by atoms with E-state index in [9.17, 15) is 0 Å². The van der Waals surface area contributed by atoms with E-state index in [1.807, 2.05) is 0 Å². The average molecular weight is 147 g/mol. The Morgan fingerprint density at radius 1 is 1.18 bits per heavy atom. The number of allylic oxidation sites excluding steroid dienone is 4. The fraction of sp³-hybridized carbons (Fsp3) is 0.636. The zero-order valence-corrected chi connectivity index (χ0v) is 6.97. The van der Waals surface area contributed by atoms with E-state index < -0.39 is 0 Å². The van der Waals surface area contributed by atoms with Gasteiger partial charge in [-0.1, -0.05) is 31.4 Å². The number of rotatable bonds is 1. The smallest absolute Gasteiger partial charge is 0.00886 e. The zero-order chi connectivity index (χ0) is 7.52. The van der Waals surface area contributed by atoms with Crippen molar-refractivity contribution < 1.29 is 0 Å². The van der Waals surface area contributed by atoms with Crippen LogP contribution in [-0.2, 0) is 0 Å². The molecule has 0 unspecified atom stereocenters. The van der Waals surface area contributed by atoms with Crippen molar-refractivity contribution in [3.8, 4) is 0 Å². The molecule has 1 fully saturated rings. The summed E-state index contributed by atoms with van der Waals surface area (Å²) in [6.45, 7) is 0. The standard InChI is InChI=1S/C11H15/c1-2-6-10(7-3-1)11-8-4-5-9-11/h8-10H,1-4,6-7H2. The lowest BCUT2D eigenvalue weighted by molar-refractivity contribution is 0.408. The SMILES string of the molecule is [C]1=CC(C2CCCCC2)=CC1. The quantitative estimate of drug-likeness (QED) is 0.534. The van der Waals surface area contributed by atoms with Gasteiger partial charge in [-0.05, 0) is 36.8 Å². The van der Waals surface area contributed by atoms with Crippen molar-refractivity contribution in [2.24, 2.45) is 5.92 Å². The third kappa shape index (κ3) is 1.55. The summed E-state index contributed by atoms with van der Waals surface area (Å²) in [6, 6.07) is 0. The molecule has 2 aliphatic carbocycles. The van der Waals surface area contributed by atoms with Gasteiger partial charge in [0.2, 0.25) is 0 Å². The third-order valence-corrected chi connectivity index (χ3v) is 2.80. The van der Waals surface area contributed by atoms with Gasteiger partial charge in [0.1, 0.15) is 0 Å². The average Bonchev–Trinajstić information content (AvgIpc) is 2.58. The van der Waals surface area contributed by atoms with Gasteiger partial charge in [0.15, 0.2) is 0 Å². The summed E-state index contributed by atoms with van der Waals surface area (Å²) in [5, 5.41) is 0. The second-order valence-electron chi connectivity index (χ2n) is 3.59. The van der Waals surface area contributed by atoms with E-state index in [1.165, 1.54) is 32.1 Å². The van der Waals surface area contributed by atoms with E-state index in [-0.39, 0.29) is 0 Å². The Morgan fingerprint density at radius 3 is 2.64 bits per heavy atom. The zero-order valence-electron chi connectivity index (χ0n) is 6.97. The minimum atomic E-state index is 0.888. The highest BCUT2D eigenvalue weighted by atomic mass is 14.2. The van der Waals surface area contributed by atoms with Crippen LogP contribution in [0.3, 0.4) is 0 Å². The van der Waals surface area contributed by atoms with E-state index in [2.05, 4.69) is 18.2 Å². The Kier molecular flexibility index (Phi) is 2.11. The molecule has 0 N–H and O–H groups in total. The summed E-state index contributed by atoms with van der Waals surface area (Å²) in [7, 11) is 0. The van der Waals surface area contributed by atoms with Gasteiger partial charge in [0.05, 0.1) is 0 Å². The molecule has 0 aromatic heterocycles. The fourth-order valence-electron chi connectivity index (χ4n) is 2.13. The van der Waals surface area contributed by atoms with Crippen LogP contribution in [0, 0.1) is 12.0 Å². The predicted molar refractivity (Wildman–Crippen MR) is 47.1 cm³/mol. The maximum absolute atomic E-state index is 3.25. The van der Waals surface area contributed by atoms with Crippen molar-refractivity contribution in [1.29, 1.82) is 0 Å². The lowest BCUT2D eigenvalue weighted by Gasteiger charge is -2.21. The van der Waals surface area contributed by atoms with Gasteiger partial charge < -0.3 is 0 Å². The second kappa shape index (κ2) is 3.25. The largest absolute Gasteiger partial charge is 0.0766 e. The molecule has 59 valence electrons. The minimum Gasteiger partial charge on any atom is -0.0766 e. The molecule has 0 bridgehead atoms. The van der Waals surface area contributed by atoms with Crippen molar-refractivity contribution in [3.05, 3.63) is 23.8 Å². The minimum absolute atomic E-state index is 0.888. The van der Waals surface area contributed by atoms with Gasteiger partial charge >= 0.3 is 0 Å². The van der Waals surface area contributed by atoms with Gasteiger partial charge in [0, 0.05) is 0 Å². The normalized spacial score (nSPS) is 25.6. The summed E-state index contributed by atoms with van der Waals surface area (Å²) in [5.41, 5.74) is 1.57. The molecule has 0 saturated heterocycles. The highest BCUT2D eigenvalue weighted by Gasteiger charge is 2.16. The Morgan fingerprint density at radius 2 is 2.00 bits per heavy atom. The van der Waals surface area contributed by atoms with Gasteiger partial charge in [-0.3, -0.25) is 0 Å². The van der Waals surface area contributed by atoms with Crippen molar-refractivity contribution >= 4 is 0 Å². The van der Waals surface area contributed by atoms with Crippen LogP contribution >= 0.6 is 0 Å². The summed E-state index contributed by atoms with van der Waals surface area (Å²) in [4.78, 5) is 0. The molecule has 0 spiro atoms. The van der Waals surface area contributed by atoms with Gasteiger partial charge in [-0.15, -0.1) is 0 Å². The maximum atomic E-state index is 3.25. The van der Waals surface area contributed by atoms with Gasteiger partial charge in [-0.2, -0.15) is 0 Å². The van der Waals surface area contributed by atoms with Crippen LogP contribution in [0.25, 0.3) is 0 Å². The highest BCUT2D eigenvalue weighted by Crippen LogP contribution is 2.31. The summed E-state index contributed by atoms with van der Waals surface area (Å²) >= 11 is 0. The van der Waals surface area contributed by atoms with Crippen LogP contribution in [-0.4, -0.2) is 0 Å². The molecule has 0 aliphatic heterocycles. The molecule has 0 heterocycles. The molecule has 2 aliphatic rings. The molecule has 0 atom stereocenters. The Balaban J connectivity index is 1.97. The number of hydrogen-bond donors (Lipinski definition) is 0. The first-order valence-electron chi connectivity index (χ1n) is 4.73. The lowest BCUT2D eigenvalue weighted by Crippen LogP contribution is -2.06. The summed E-state index contributed by atoms with van der Waals surface area (Å²) < 4.78 is 0. The Hall–Kier alpha value is -0.520. The van der Waals surface area contributed by atoms with Gasteiger partial charge in [-0.25, -0.2) is 0 Å². The Labute approximate surface area is 69.0 Å². The van der Waals surface area contributed by atoms with Crippen molar-refractivity contribution in [2.75, 3.05) is 0 Å². The molecule has 1 radical (unpaired) electrons. The first kappa shape index (κ1) is 7.15. The molecule has 1 saturated carbocycles. The first-order valence-corrected chi connectivity index (χ1v) is 4.73. The monoisotopic (exact) mass is 147 g/mol. The molecule has 0 aromatic carbocycles. The molecule has 0 aromatic rings. The van der Waals surface area contributed by atoms with Crippen LogP contribution in [0.2, 0.25) is 0 Å². The van der Waals surface area contributed by atoms with Crippen molar-refractivity contribution in [2.45, 2.75) is 38.5 Å². The number of hydrogen-bond acceptors (Lipinski definition) is 0. The topological polar surface area (TPSA) is 0 Å².